The molecule has 2 heterocycles. The summed E-state index contributed by atoms with van der Waals surface area (Å²) in [5.41, 5.74) is 12.2. The first-order valence-corrected chi connectivity index (χ1v) is 18.6. The third-order valence-corrected chi connectivity index (χ3v) is 11.0. The van der Waals surface area contributed by atoms with Gasteiger partial charge in [0.15, 0.2) is 0 Å². The Morgan fingerprint density at radius 1 is 0.415 bits per heavy atom. The van der Waals surface area contributed by atoms with E-state index < -0.39 is 0 Å². The lowest BCUT2D eigenvalue weighted by Crippen LogP contribution is -2.11. The average molecular weight is 697 g/mol. The Morgan fingerprint density at radius 2 is 1.02 bits per heavy atom. The van der Waals surface area contributed by atoms with E-state index >= 15 is 0 Å². The van der Waals surface area contributed by atoms with Crippen LogP contribution in [0.4, 0.5) is 17.1 Å². The first-order valence-electron chi connectivity index (χ1n) is 17.8. The Morgan fingerprint density at radius 3 is 1.83 bits per heavy atom. The normalized spacial score (nSPS) is 11.4. The van der Waals surface area contributed by atoms with E-state index in [-0.39, 0.29) is 0 Å². The van der Waals surface area contributed by atoms with Gasteiger partial charge < -0.3 is 9.32 Å². The van der Waals surface area contributed by atoms with E-state index in [0.717, 1.165) is 61.4 Å². The van der Waals surface area contributed by atoms with E-state index in [4.69, 9.17) is 9.40 Å². The highest BCUT2D eigenvalue weighted by molar-refractivity contribution is 7.21. The molecule has 8 aromatic rings. The maximum Gasteiger partial charge on any atom is 0.136 e. The van der Waals surface area contributed by atoms with E-state index in [0.29, 0.717) is 0 Å². The molecule has 0 fully saturated rings. The number of hydrogen-bond donors (Lipinski definition) is 0. The molecule has 1 aliphatic heterocycles. The van der Waals surface area contributed by atoms with Gasteiger partial charge in [-0.3, -0.25) is 0 Å². The lowest BCUT2D eigenvalue weighted by molar-refractivity contribution is 0.583. The highest BCUT2D eigenvalue weighted by Crippen LogP contribution is 2.43. The molecule has 1 aliphatic carbocycles. The van der Waals surface area contributed by atoms with Crippen molar-refractivity contribution < 1.29 is 4.42 Å². The first-order chi connectivity index (χ1) is 26.2. The predicted molar refractivity (Wildman–Crippen MR) is 222 cm³/mol. The minimum atomic E-state index is 0.818. The molecule has 0 unspecified atom stereocenters. The molecule has 0 N–H and O–H groups in total. The van der Waals surface area contributed by atoms with Crippen molar-refractivity contribution in [2.24, 2.45) is 0 Å². The van der Waals surface area contributed by atoms with Gasteiger partial charge in [0, 0.05) is 28.1 Å². The Balaban J connectivity index is 1.03. The van der Waals surface area contributed by atoms with Crippen LogP contribution < -0.4 is 4.90 Å². The van der Waals surface area contributed by atoms with Crippen molar-refractivity contribution in [2.75, 3.05) is 4.90 Å². The van der Waals surface area contributed by atoms with E-state index in [9.17, 15) is 0 Å². The second-order valence-electron chi connectivity index (χ2n) is 13.2. The molecular weight excluding hydrogens is 665 g/mol. The van der Waals surface area contributed by atoms with Crippen LogP contribution in [0.15, 0.2) is 199 Å². The monoisotopic (exact) mass is 696 g/mol. The molecule has 1 aromatic heterocycles. The van der Waals surface area contributed by atoms with Crippen LogP contribution in [0.3, 0.4) is 0 Å². The number of anilines is 3. The molecule has 2 aliphatic rings. The lowest BCUT2D eigenvalue weighted by Gasteiger charge is -2.28. The number of thiazole rings is 1. The van der Waals surface area contributed by atoms with Crippen LogP contribution in [0.2, 0.25) is 0 Å². The van der Waals surface area contributed by atoms with Crippen molar-refractivity contribution in [1.82, 2.24) is 4.98 Å². The lowest BCUT2D eigenvalue weighted by atomic mass is 9.96. The van der Waals surface area contributed by atoms with E-state index in [1.165, 1.54) is 32.2 Å². The van der Waals surface area contributed by atoms with Gasteiger partial charge in [-0.1, -0.05) is 115 Å². The smallest absolute Gasteiger partial charge is 0.136 e. The maximum atomic E-state index is 6.46. The fourth-order valence-electron chi connectivity index (χ4n) is 7.29. The van der Waals surface area contributed by atoms with Crippen LogP contribution in [0.5, 0.6) is 0 Å². The van der Waals surface area contributed by atoms with Crippen molar-refractivity contribution >= 4 is 49.4 Å². The zero-order valence-electron chi connectivity index (χ0n) is 28.7. The molecule has 7 aromatic carbocycles. The summed E-state index contributed by atoms with van der Waals surface area (Å²) in [4.78, 5) is 7.23. The minimum absolute atomic E-state index is 0.818. The summed E-state index contributed by atoms with van der Waals surface area (Å²) in [6.07, 6.45) is 0. The molecule has 3 nitrogen and oxygen atoms in total. The largest absolute Gasteiger partial charge is 0.456 e. The summed E-state index contributed by atoms with van der Waals surface area (Å²) in [6, 6.07) is 68.7. The zero-order chi connectivity index (χ0) is 35.1. The van der Waals surface area contributed by atoms with Crippen LogP contribution in [0.25, 0.3) is 76.5 Å². The average Bonchev–Trinajstić information content (AvgIpc) is 3.89. The van der Waals surface area contributed by atoms with Gasteiger partial charge in [0.05, 0.1) is 15.9 Å². The summed E-state index contributed by atoms with van der Waals surface area (Å²) in [5.74, 6) is 1.69. The van der Waals surface area contributed by atoms with Gasteiger partial charge >= 0.3 is 0 Å². The molecule has 0 saturated heterocycles. The summed E-state index contributed by atoms with van der Waals surface area (Å²) in [7, 11) is 0. The van der Waals surface area contributed by atoms with E-state index in [2.05, 4.69) is 181 Å². The van der Waals surface area contributed by atoms with Crippen LogP contribution in [-0.2, 0) is 0 Å². The Bertz CT molecular complexity index is 2790. The van der Waals surface area contributed by atoms with Crippen molar-refractivity contribution in [2.45, 2.75) is 0 Å². The van der Waals surface area contributed by atoms with Crippen LogP contribution in [0, 0.1) is 0 Å². The zero-order valence-corrected chi connectivity index (χ0v) is 29.5. The number of hydrogen-bond acceptors (Lipinski definition) is 4. The summed E-state index contributed by atoms with van der Waals surface area (Å²) in [6.45, 7) is 0. The van der Waals surface area contributed by atoms with Gasteiger partial charge in [0.2, 0.25) is 0 Å². The van der Waals surface area contributed by atoms with Gasteiger partial charge in [0.1, 0.15) is 16.5 Å². The molecule has 0 bridgehead atoms. The SMILES string of the molecule is c1cc2ccc(-c3ccccc3N(c3ccc(-c4ccc(-c5cccc6ccccc56)cc4)cc3)c3ccc(-c4nc5ccccc5s4)cc3)oc-2c1. The molecule has 0 saturated carbocycles. The highest BCUT2D eigenvalue weighted by Gasteiger charge is 2.20. The van der Waals surface area contributed by atoms with Crippen molar-refractivity contribution in [3.63, 3.8) is 0 Å². The molecule has 0 amide bonds. The Kier molecular flexibility index (Phi) is 7.67. The van der Waals surface area contributed by atoms with Crippen molar-refractivity contribution in [1.29, 1.82) is 0 Å². The van der Waals surface area contributed by atoms with Gasteiger partial charge in [0.25, 0.3) is 0 Å². The minimum Gasteiger partial charge on any atom is -0.456 e. The molecule has 4 heteroatoms. The summed E-state index contributed by atoms with van der Waals surface area (Å²) >= 11 is 1.72. The number of nitrogens with zero attached hydrogens (tertiary/aromatic N) is 2. The second kappa shape index (κ2) is 13.1. The van der Waals surface area contributed by atoms with E-state index in [1.54, 1.807) is 11.3 Å². The summed E-state index contributed by atoms with van der Waals surface area (Å²) < 4.78 is 7.66. The van der Waals surface area contributed by atoms with Crippen LogP contribution in [0.1, 0.15) is 0 Å². The van der Waals surface area contributed by atoms with Gasteiger partial charge in [-0.2, -0.15) is 0 Å². The maximum absolute atomic E-state index is 6.46. The standard InChI is InChI=1S/C49H32N2OS/c1-2-12-41-35(9-1)10-7-14-42(41)36-21-19-33(20-22-36)34-23-28-39(29-24-34)51(40-30-25-38(26-31-40)49-50-44-15-4-6-18-48(44)53-49)45-16-5-3-13-43(45)47-32-27-37-11-8-17-46(37)52-47/h1-32H. The number of para-hydroxylation sites is 2. The van der Waals surface area contributed by atoms with Gasteiger partial charge in [-0.25, -0.2) is 4.98 Å². The van der Waals surface area contributed by atoms with Crippen molar-refractivity contribution in [3.8, 4) is 55.5 Å². The molecule has 0 spiro atoms. The Hall–Kier alpha value is -6.75. The van der Waals surface area contributed by atoms with Gasteiger partial charge in [-0.05, 0) is 112 Å². The van der Waals surface area contributed by atoms with Crippen LogP contribution >= 0.6 is 11.3 Å². The second-order valence-corrected chi connectivity index (χ2v) is 14.2. The molecule has 0 radical (unpaired) electrons. The number of fused-ring (bicyclic) bond motifs is 3. The quantitative estimate of drug-likeness (QED) is 0.166. The molecule has 53 heavy (non-hydrogen) atoms. The number of aromatic nitrogens is 1. The highest BCUT2D eigenvalue weighted by atomic mass is 32.1. The Labute approximate surface area is 312 Å². The van der Waals surface area contributed by atoms with Gasteiger partial charge in [-0.15, -0.1) is 11.3 Å². The fourth-order valence-corrected chi connectivity index (χ4v) is 8.26. The number of benzene rings is 7. The first kappa shape index (κ1) is 31.0. The van der Waals surface area contributed by atoms with Crippen LogP contribution in [-0.4, -0.2) is 4.98 Å². The third kappa shape index (κ3) is 5.76. The molecule has 250 valence electrons. The summed E-state index contributed by atoms with van der Waals surface area (Å²) in [5, 5.41) is 3.53. The third-order valence-electron chi connectivity index (χ3n) is 9.96. The van der Waals surface area contributed by atoms with E-state index in [1.807, 2.05) is 18.2 Å². The molecule has 0 atom stereocenters. The van der Waals surface area contributed by atoms with Crippen molar-refractivity contribution in [3.05, 3.63) is 194 Å². The fraction of sp³-hybridized carbons (Fsp3) is 0. The number of rotatable bonds is 7. The topological polar surface area (TPSA) is 29.3 Å². The molecular formula is C49H32N2OS. The predicted octanol–water partition coefficient (Wildman–Crippen LogP) is 14.3. The molecule has 10 rings (SSSR count).